The zero-order valence-corrected chi connectivity index (χ0v) is 10.9. The average Bonchev–Trinajstić information content (AvgIpc) is 2.79. The van der Waals surface area contributed by atoms with E-state index in [0.29, 0.717) is 30.6 Å². The molecule has 96 valence electrons. The predicted octanol–water partition coefficient (Wildman–Crippen LogP) is 2.47. The minimum Gasteiger partial charge on any atom is -0.399 e. The van der Waals surface area contributed by atoms with E-state index < -0.39 is 0 Å². The third-order valence-corrected chi connectivity index (χ3v) is 2.82. The first kappa shape index (κ1) is 12.6. The van der Waals surface area contributed by atoms with Gasteiger partial charge in [0.15, 0.2) is 5.82 Å². The van der Waals surface area contributed by atoms with Gasteiger partial charge in [-0.1, -0.05) is 5.16 Å². The Hall–Kier alpha value is -1.88. The number of nitrogens with zero attached hydrogens (tertiary/aromatic N) is 2. The van der Waals surface area contributed by atoms with Crippen LogP contribution in [0.2, 0.25) is 0 Å². The van der Waals surface area contributed by atoms with Crippen LogP contribution in [-0.4, -0.2) is 16.7 Å². The third kappa shape index (κ3) is 2.51. The van der Waals surface area contributed by atoms with Crippen LogP contribution < -0.4 is 5.73 Å². The van der Waals surface area contributed by atoms with Crippen LogP contribution in [0.25, 0.3) is 11.5 Å². The zero-order valence-electron chi connectivity index (χ0n) is 10.9. The van der Waals surface area contributed by atoms with Gasteiger partial charge >= 0.3 is 0 Å². The number of nitrogens with two attached hydrogens (primary N) is 1. The molecular weight excluding hydrogens is 230 g/mol. The molecule has 0 fully saturated rings. The van der Waals surface area contributed by atoms with Crippen molar-refractivity contribution in [3.8, 4) is 11.5 Å². The first-order chi connectivity index (χ1) is 8.61. The van der Waals surface area contributed by atoms with Crippen LogP contribution in [0.3, 0.4) is 0 Å². The number of hydrogen-bond donors (Lipinski definition) is 1. The molecule has 5 nitrogen and oxygen atoms in total. The first-order valence-electron chi connectivity index (χ1n) is 5.89. The van der Waals surface area contributed by atoms with E-state index in [1.54, 1.807) is 0 Å². The van der Waals surface area contributed by atoms with Gasteiger partial charge in [-0.15, -0.1) is 0 Å². The van der Waals surface area contributed by atoms with E-state index >= 15 is 0 Å². The van der Waals surface area contributed by atoms with Crippen molar-refractivity contribution in [2.45, 2.75) is 27.4 Å². The summed E-state index contributed by atoms with van der Waals surface area (Å²) in [6.45, 7) is 6.93. The van der Waals surface area contributed by atoms with Crippen LogP contribution >= 0.6 is 0 Å². The van der Waals surface area contributed by atoms with Gasteiger partial charge in [0.1, 0.15) is 6.61 Å². The molecule has 0 spiro atoms. The molecule has 18 heavy (non-hydrogen) atoms. The lowest BCUT2D eigenvalue weighted by Gasteiger charge is -2.06. The number of ether oxygens (including phenoxy) is 1. The summed E-state index contributed by atoms with van der Waals surface area (Å²) in [6.07, 6.45) is 0. The molecular formula is C13H17N3O2. The second-order valence-corrected chi connectivity index (χ2v) is 4.16. The standard InChI is InChI=1S/C13H17N3O2/c1-4-17-7-12-15-13(18-16-12)11-6-10(14)5-8(2)9(11)3/h5-6H,4,7,14H2,1-3H3. The molecule has 0 saturated carbocycles. The molecule has 0 aliphatic rings. The summed E-state index contributed by atoms with van der Waals surface area (Å²) < 4.78 is 10.5. The van der Waals surface area contributed by atoms with E-state index in [0.717, 1.165) is 16.7 Å². The summed E-state index contributed by atoms with van der Waals surface area (Å²) in [6, 6.07) is 3.77. The lowest BCUT2D eigenvalue weighted by atomic mass is 10.0. The van der Waals surface area contributed by atoms with Gasteiger partial charge in [-0.05, 0) is 44.0 Å². The van der Waals surface area contributed by atoms with Crippen LogP contribution in [0, 0.1) is 13.8 Å². The highest BCUT2D eigenvalue weighted by molar-refractivity contribution is 5.66. The highest BCUT2D eigenvalue weighted by atomic mass is 16.5. The lowest BCUT2D eigenvalue weighted by molar-refractivity contribution is 0.126. The zero-order chi connectivity index (χ0) is 13.1. The van der Waals surface area contributed by atoms with Crippen molar-refractivity contribution in [1.82, 2.24) is 10.1 Å². The van der Waals surface area contributed by atoms with Crippen molar-refractivity contribution in [1.29, 1.82) is 0 Å². The Balaban J connectivity index is 2.34. The molecule has 2 aromatic rings. The van der Waals surface area contributed by atoms with Crippen molar-refractivity contribution in [2.75, 3.05) is 12.3 Å². The van der Waals surface area contributed by atoms with Gasteiger partial charge in [-0.3, -0.25) is 0 Å². The topological polar surface area (TPSA) is 74.2 Å². The quantitative estimate of drug-likeness (QED) is 0.840. The normalized spacial score (nSPS) is 10.8. The fourth-order valence-electron chi connectivity index (χ4n) is 1.72. The van der Waals surface area contributed by atoms with Gasteiger partial charge in [0.25, 0.3) is 5.89 Å². The van der Waals surface area contributed by atoms with E-state index in [9.17, 15) is 0 Å². The van der Waals surface area contributed by atoms with Crippen molar-refractivity contribution in [3.63, 3.8) is 0 Å². The van der Waals surface area contributed by atoms with Gasteiger partial charge in [0.2, 0.25) is 0 Å². The first-order valence-corrected chi connectivity index (χ1v) is 5.89. The molecule has 5 heteroatoms. The summed E-state index contributed by atoms with van der Waals surface area (Å²) in [7, 11) is 0. The Bertz CT molecular complexity index is 549. The average molecular weight is 247 g/mol. The number of aromatic nitrogens is 2. The predicted molar refractivity (Wildman–Crippen MR) is 69.0 cm³/mol. The Kier molecular flexibility index (Phi) is 3.62. The molecule has 1 aromatic carbocycles. The maximum atomic E-state index is 5.84. The largest absolute Gasteiger partial charge is 0.399 e. The van der Waals surface area contributed by atoms with Gasteiger partial charge < -0.3 is 15.0 Å². The Labute approximate surface area is 106 Å². The molecule has 0 bridgehead atoms. The summed E-state index contributed by atoms with van der Waals surface area (Å²) in [5, 5.41) is 3.88. The molecule has 2 rings (SSSR count). The van der Waals surface area contributed by atoms with E-state index in [1.807, 2.05) is 32.9 Å². The molecule has 0 radical (unpaired) electrons. The Morgan fingerprint density at radius 1 is 1.33 bits per heavy atom. The molecule has 0 atom stereocenters. The third-order valence-electron chi connectivity index (χ3n) is 2.82. The monoisotopic (exact) mass is 247 g/mol. The highest BCUT2D eigenvalue weighted by Gasteiger charge is 2.13. The molecule has 0 aliphatic heterocycles. The van der Waals surface area contributed by atoms with E-state index in [2.05, 4.69) is 10.1 Å². The maximum absolute atomic E-state index is 5.84. The fraction of sp³-hybridized carbons (Fsp3) is 0.385. The number of anilines is 1. The number of nitrogen functional groups attached to an aromatic ring is 1. The van der Waals surface area contributed by atoms with E-state index in [1.165, 1.54) is 0 Å². The fourth-order valence-corrected chi connectivity index (χ4v) is 1.72. The minimum atomic E-state index is 0.361. The second kappa shape index (κ2) is 5.18. The van der Waals surface area contributed by atoms with Crippen molar-refractivity contribution in [3.05, 3.63) is 29.1 Å². The number of hydrogen-bond acceptors (Lipinski definition) is 5. The second-order valence-electron chi connectivity index (χ2n) is 4.16. The van der Waals surface area contributed by atoms with Crippen molar-refractivity contribution in [2.24, 2.45) is 0 Å². The van der Waals surface area contributed by atoms with Gasteiger partial charge in [0.05, 0.1) is 0 Å². The summed E-state index contributed by atoms with van der Waals surface area (Å²) >= 11 is 0. The Morgan fingerprint density at radius 2 is 2.11 bits per heavy atom. The number of rotatable bonds is 4. The lowest BCUT2D eigenvalue weighted by Crippen LogP contribution is -1.95. The molecule has 1 heterocycles. The maximum Gasteiger partial charge on any atom is 0.258 e. The van der Waals surface area contributed by atoms with Crippen LogP contribution in [0.5, 0.6) is 0 Å². The van der Waals surface area contributed by atoms with E-state index in [4.69, 9.17) is 15.0 Å². The molecule has 2 N–H and O–H groups in total. The Morgan fingerprint density at radius 3 is 2.83 bits per heavy atom. The number of benzene rings is 1. The van der Waals surface area contributed by atoms with Crippen LogP contribution in [-0.2, 0) is 11.3 Å². The highest BCUT2D eigenvalue weighted by Crippen LogP contribution is 2.26. The van der Waals surface area contributed by atoms with Crippen LogP contribution in [0.1, 0.15) is 23.9 Å². The van der Waals surface area contributed by atoms with Crippen LogP contribution in [0.15, 0.2) is 16.7 Å². The summed E-state index contributed by atoms with van der Waals surface area (Å²) in [5.41, 5.74) is 9.61. The van der Waals surface area contributed by atoms with Crippen LogP contribution in [0.4, 0.5) is 5.69 Å². The molecule has 0 saturated heterocycles. The molecule has 0 amide bonds. The van der Waals surface area contributed by atoms with Gasteiger partial charge in [-0.25, -0.2) is 0 Å². The van der Waals surface area contributed by atoms with Gasteiger partial charge in [-0.2, -0.15) is 4.98 Å². The summed E-state index contributed by atoms with van der Waals surface area (Å²) in [4.78, 5) is 4.30. The van der Waals surface area contributed by atoms with E-state index in [-0.39, 0.29) is 0 Å². The smallest absolute Gasteiger partial charge is 0.258 e. The molecule has 1 aromatic heterocycles. The van der Waals surface area contributed by atoms with Gasteiger partial charge in [0, 0.05) is 17.9 Å². The summed E-state index contributed by atoms with van der Waals surface area (Å²) in [5.74, 6) is 1.03. The van der Waals surface area contributed by atoms with Crippen molar-refractivity contribution >= 4 is 5.69 Å². The molecule has 0 aliphatic carbocycles. The van der Waals surface area contributed by atoms with Crippen molar-refractivity contribution < 1.29 is 9.26 Å². The SMILES string of the molecule is CCOCc1noc(-c2cc(N)cc(C)c2C)n1. The number of aryl methyl sites for hydroxylation is 1. The minimum absolute atomic E-state index is 0.361. The molecule has 0 unspecified atom stereocenters.